The van der Waals surface area contributed by atoms with Crippen LogP contribution in [0.5, 0.6) is 0 Å². The van der Waals surface area contributed by atoms with Crippen molar-refractivity contribution in [2.24, 2.45) is 5.73 Å². The van der Waals surface area contributed by atoms with E-state index < -0.39 is 12.1 Å². The summed E-state index contributed by atoms with van der Waals surface area (Å²) in [7, 11) is 0. The Labute approximate surface area is 120 Å². The molecule has 1 aromatic rings. The van der Waals surface area contributed by atoms with Gasteiger partial charge in [0.15, 0.2) is 0 Å². The largest absolute Gasteiger partial charge is 0.388 e. The Kier molecular flexibility index (Phi) is 5.15. The molecule has 0 spiro atoms. The first-order valence-corrected chi connectivity index (χ1v) is 7.42. The number of nitrogens with two attached hydrogens (primary N) is 1. The lowest BCUT2D eigenvalue weighted by atomic mass is 10.00. The first kappa shape index (κ1) is 15.0. The maximum absolute atomic E-state index is 12.2. The number of hydrogen-bond acceptors (Lipinski definition) is 3. The van der Waals surface area contributed by atoms with Crippen molar-refractivity contribution < 1.29 is 9.90 Å². The molecule has 0 saturated carbocycles. The second kappa shape index (κ2) is 6.86. The van der Waals surface area contributed by atoms with Crippen molar-refractivity contribution >= 4 is 5.91 Å². The summed E-state index contributed by atoms with van der Waals surface area (Å²) in [5.41, 5.74) is 6.76. The number of aliphatic hydroxyl groups is 1. The second-order valence-electron chi connectivity index (χ2n) is 5.50. The molecule has 3 atom stereocenters. The molecule has 0 radical (unpaired) electrons. The average molecular weight is 276 g/mol. The molecule has 0 aliphatic carbocycles. The van der Waals surface area contributed by atoms with E-state index in [9.17, 15) is 9.90 Å². The van der Waals surface area contributed by atoms with Crippen molar-refractivity contribution in [1.82, 2.24) is 4.90 Å². The lowest BCUT2D eigenvalue weighted by Gasteiger charge is -2.28. The van der Waals surface area contributed by atoms with E-state index in [0.29, 0.717) is 12.8 Å². The number of amides is 1. The summed E-state index contributed by atoms with van der Waals surface area (Å²) in [5.74, 6) is 0.0234. The zero-order valence-electron chi connectivity index (χ0n) is 12.0. The van der Waals surface area contributed by atoms with Gasteiger partial charge in [0.2, 0.25) is 5.91 Å². The minimum Gasteiger partial charge on any atom is -0.388 e. The van der Waals surface area contributed by atoms with Crippen LogP contribution in [0.2, 0.25) is 0 Å². The second-order valence-corrected chi connectivity index (χ2v) is 5.50. The predicted octanol–water partition coefficient (Wildman–Crippen LogP) is 1.84. The summed E-state index contributed by atoms with van der Waals surface area (Å²) in [4.78, 5) is 14.1. The van der Waals surface area contributed by atoms with Gasteiger partial charge in [0, 0.05) is 12.6 Å². The van der Waals surface area contributed by atoms with Gasteiger partial charge in [-0.15, -0.1) is 0 Å². The van der Waals surface area contributed by atoms with Gasteiger partial charge in [-0.3, -0.25) is 4.79 Å². The summed E-state index contributed by atoms with van der Waals surface area (Å²) in [6.07, 6.45) is 2.67. The highest BCUT2D eigenvalue weighted by atomic mass is 16.3. The first-order chi connectivity index (χ1) is 9.63. The Hall–Kier alpha value is -1.39. The van der Waals surface area contributed by atoms with Gasteiger partial charge in [-0.1, -0.05) is 37.3 Å². The van der Waals surface area contributed by atoms with E-state index in [1.807, 2.05) is 42.2 Å². The molecule has 1 aromatic carbocycles. The van der Waals surface area contributed by atoms with Gasteiger partial charge in [0.1, 0.15) is 0 Å². The zero-order chi connectivity index (χ0) is 14.5. The van der Waals surface area contributed by atoms with Crippen LogP contribution in [0.4, 0.5) is 0 Å². The molecule has 1 saturated heterocycles. The van der Waals surface area contributed by atoms with Crippen molar-refractivity contribution in [2.75, 3.05) is 6.54 Å². The molecule has 1 amide bonds. The van der Waals surface area contributed by atoms with Crippen LogP contribution in [-0.2, 0) is 4.79 Å². The summed E-state index contributed by atoms with van der Waals surface area (Å²) >= 11 is 0. The topological polar surface area (TPSA) is 66.6 Å². The minimum atomic E-state index is -0.521. The van der Waals surface area contributed by atoms with Crippen molar-refractivity contribution in [3.05, 3.63) is 35.9 Å². The van der Waals surface area contributed by atoms with Gasteiger partial charge in [0.25, 0.3) is 0 Å². The smallest absolute Gasteiger partial charge is 0.239 e. The molecule has 0 bridgehead atoms. The Morgan fingerprint density at radius 3 is 2.80 bits per heavy atom. The van der Waals surface area contributed by atoms with E-state index in [1.165, 1.54) is 0 Å². The SMILES string of the molecule is CCC(N)C(=O)N1CCCC1CC(O)c1ccccc1. The summed E-state index contributed by atoms with van der Waals surface area (Å²) in [6, 6.07) is 9.31. The highest BCUT2D eigenvalue weighted by molar-refractivity contribution is 5.82. The molecule has 3 unspecified atom stereocenters. The third-order valence-corrected chi connectivity index (χ3v) is 4.10. The lowest BCUT2D eigenvalue weighted by Crippen LogP contribution is -2.46. The van der Waals surface area contributed by atoms with Crippen molar-refractivity contribution in [2.45, 2.75) is 50.8 Å². The van der Waals surface area contributed by atoms with E-state index >= 15 is 0 Å². The molecular weight excluding hydrogens is 252 g/mol. The Bertz CT molecular complexity index is 435. The number of carbonyl (C=O) groups excluding carboxylic acids is 1. The molecule has 4 heteroatoms. The van der Waals surface area contributed by atoms with E-state index in [1.54, 1.807) is 0 Å². The standard InChI is InChI=1S/C16H24N2O2/c1-2-14(17)16(20)18-10-6-9-13(18)11-15(19)12-7-4-3-5-8-12/h3-5,7-8,13-15,19H,2,6,9-11,17H2,1H3. The lowest BCUT2D eigenvalue weighted by molar-refractivity contribution is -0.133. The Morgan fingerprint density at radius 1 is 1.45 bits per heavy atom. The quantitative estimate of drug-likeness (QED) is 0.862. The average Bonchev–Trinajstić information content (AvgIpc) is 2.94. The number of carbonyl (C=O) groups is 1. The normalized spacial score (nSPS) is 21.8. The van der Waals surface area contributed by atoms with Crippen LogP contribution in [0.3, 0.4) is 0 Å². The van der Waals surface area contributed by atoms with Crippen LogP contribution in [0.25, 0.3) is 0 Å². The molecular formula is C16H24N2O2. The fraction of sp³-hybridized carbons (Fsp3) is 0.562. The van der Waals surface area contributed by atoms with E-state index in [2.05, 4.69) is 0 Å². The predicted molar refractivity (Wildman–Crippen MR) is 79.0 cm³/mol. The highest BCUT2D eigenvalue weighted by Crippen LogP contribution is 2.27. The molecule has 3 N–H and O–H groups in total. The van der Waals surface area contributed by atoms with Crippen LogP contribution < -0.4 is 5.73 Å². The van der Waals surface area contributed by atoms with Crippen LogP contribution >= 0.6 is 0 Å². The molecule has 1 fully saturated rings. The number of likely N-dealkylation sites (tertiary alicyclic amines) is 1. The van der Waals surface area contributed by atoms with Crippen molar-refractivity contribution in [3.8, 4) is 0 Å². The molecule has 20 heavy (non-hydrogen) atoms. The number of aliphatic hydroxyl groups excluding tert-OH is 1. The summed E-state index contributed by atoms with van der Waals surface area (Å²) in [5, 5.41) is 10.3. The number of benzene rings is 1. The van der Waals surface area contributed by atoms with Crippen molar-refractivity contribution in [3.63, 3.8) is 0 Å². The van der Waals surface area contributed by atoms with Gasteiger partial charge in [0.05, 0.1) is 12.1 Å². The zero-order valence-corrected chi connectivity index (χ0v) is 12.0. The third kappa shape index (κ3) is 3.38. The van der Waals surface area contributed by atoms with Gasteiger partial charge < -0.3 is 15.7 Å². The summed E-state index contributed by atoms with van der Waals surface area (Å²) in [6.45, 7) is 2.69. The van der Waals surface area contributed by atoms with Gasteiger partial charge in [-0.2, -0.15) is 0 Å². The van der Waals surface area contributed by atoms with Crippen LogP contribution in [0.15, 0.2) is 30.3 Å². The number of nitrogens with zero attached hydrogens (tertiary/aromatic N) is 1. The molecule has 0 aromatic heterocycles. The Morgan fingerprint density at radius 2 is 2.15 bits per heavy atom. The van der Waals surface area contributed by atoms with Gasteiger partial charge >= 0.3 is 0 Å². The third-order valence-electron chi connectivity index (χ3n) is 4.10. The number of hydrogen-bond donors (Lipinski definition) is 2. The van der Waals surface area contributed by atoms with Gasteiger partial charge in [-0.05, 0) is 31.2 Å². The van der Waals surface area contributed by atoms with Crippen LogP contribution in [0.1, 0.15) is 44.3 Å². The molecule has 4 nitrogen and oxygen atoms in total. The van der Waals surface area contributed by atoms with Crippen LogP contribution in [0, 0.1) is 0 Å². The van der Waals surface area contributed by atoms with Crippen molar-refractivity contribution in [1.29, 1.82) is 0 Å². The number of rotatable bonds is 5. The fourth-order valence-corrected chi connectivity index (χ4v) is 2.83. The first-order valence-electron chi connectivity index (χ1n) is 7.42. The molecule has 2 rings (SSSR count). The fourth-order valence-electron chi connectivity index (χ4n) is 2.83. The highest BCUT2D eigenvalue weighted by Gasteiger charge is 2.32. The minimum absolute atomic E-state index is 0.0234. The van der Waals surface area contributed by atoms with E-state index in [4.69, 9.17) is 5.73 Å². The van der Waals surface area contributed by atoms with Crippen LogP contribution in [-0.4, -0.2) is 34.5 Å². The molecule has 110 valence electrons. The maximum Gasteiger partial charge on any atom is 0.239 e. The van der Waals surface area contributed by atoms with Gasteiger partial charge in [-0.25, -0.2) is 0 Å². The van der Waals surface area contributed by atoms with E-state index in [-0.39, 0.29) is 11.9 Å². The maximum atomic E-state index is 12.2. The Balaban J connectivity index is 1.99. The molecule has 1 heterocycles. The molecule has 1 aliphatic heterocycles. The summed E-state index contributed by atoms with van der Waals surface area (Å²) < 4.78 is 0. The van der Waals surface area contributed by atoms with E-state index in [0.717, 1.165) is 24.9 Å². The monoisotopic (exact) mass is 276 g/mol. The molecule has 1 aliphatic rings.